The minimum Gasteiger partial charge on any atom is -0.494 e. The number of rotatable bonds is 9. The van der Waals surface area contributed by atoms with Gasteiger partial charge in [0.05, 0.1) is 23.9 Å². The Morgan fingerprint density at radius 1 is 0.756 bits per heavy atom. The van der Waals surface area contributed by atoms with Crippen molar-refractivity contribution in [3.8, 4) is 23.6 Å². The number of aromatic nitrogens is 4. The summed E-state index contributed by atoms with van der Waals surface area (Å²) in [6.45, 7) is 6.39. The van der Waals surface area contributed by atoms with Gasteiger partial charge in [0.15, 0.2) is 0 Å². The first-order valence-corrected chi connectivity index (χ1v) is 14.6. The molecule has 0 saturated carbocycles. The number of hydrogen-bond acceptors (Lipinski definition) is 6. The van der Waals surface area contributed by atoms with E-state index in [0.29, 0.717) is 62.7 Å². The fraction of sp³-hybridized carbons (Fsp3) is 0.135. The number of pyridine rings is 2. The smallest absolute Gasteiger partial charge is 0.120 e. The number of ether oxygens (including phenoxy) is 2. The van der Waals surface area contributed by atoms with Crippen LogP contribution in [0, 0.1) is 22.7 Å². The molecule has 6 rings (SSSR count). The molecule has 0 aliphatic heterocycles. The van der Waals surface area contributed by atoms with Crippen molar-refractivity contribution < 1.29 is 9.47 Å². The van der Waals surface area contributed by atoms with E-state index < -0.39 is 0 Å². The molecule has 0 aliphatic rings. The molecular formula is C37H30N6O2. The minimum absolute atomic E-state index is 0.0144. The van der Waals surface area contributed by atoms with Gasteiger partial charge in [-0.25, -0.2) is 0 Å². The molecule has 4 aromatic heterocycles. The average molecular weight is 591 g/mol. The van der Waals surface area contributed by atoms with Gasteiger partial charge in [-0.1, -0.05) is 12.1 Å². The molecule has 0 fully saturated rings. The fourth-order valence-electron chi connectivity index (χ4n) is 5.57. The van der Waals surface area contributed by atoms with Gasteiger partial charge in [-0.3, -0.25) is 9.97 Å². The van der Waals surface area contributed by atoms with E-state index in [9.17, 15) is 10.5 Å². The maximum atomic E-state index is 10.9. The molecule has 4 heterocycles. The van der Waals surface area contributed by atoms with Crippen molar-refractivity contribution in [1.29, 1.82) is 10.5 Å². The van der Waals surface area contributed by atoms with Gasteiger partial charge in [-0.2, -0.15) is 10.5 Å². The van der Waals surface area contributed by atoms with Gasteiger partial charge in [-0.15, -0.1) is 0 Å². The summed E-state index contributed by atoms with van der Waals surface area (Å²) in [5.74, 6) is 1.40. The summed E-state index contributed by atoms with van der Waals surface area (Å²) >= 11 is 0. The molecule has 6 aromatic rings. The van der Waals surface area contributed by atoms with Crippen molar-refractivity contribution in [1.82, 2.24) is 19.9 Å². The predicted octanol–water partition coefficient (Wildman–Crippen LogP) is 8.19. The largest absolute Gasteiger partial charge is 0.494 e. The van der Waals surface area contributed by atoms with E-state index in [2.05, 4.69) is 32.1 Å². The van der Waals surface area contributed by atoms with Crippen LogP contribution in [0.25, 0.3) is 44.1 Å². The molecule has 8 nitrogen and oxygen atoms in total. The number of allylic oxidation sites excluding steroid dienone is 4. The highest BCUT2D eigenvalue weighted by Crippen LogP contribution is 2.44. The van der Waals surface area contributed by atoms with E-state index in [1.165, 1.54) is 0 Å². The zero-order valence-corrected chi connectivity index (χ0v) is 25.1. The van der Waals surface area contributed by atoms with Crippen LogP contribution in [0.15, 0.2) is 97.8 Å². The summed E-state index contributed by atoms with van der Waals surface area (Å²) in [5, 5.41) is 23.5. The molecule has 0 spiro atoms. The first kappa shape index (κ1) is 29.0. The molecule has 0 unspecified atom stereocenters. The van der Waals surface area contributed by atoms with Gasteiger partial charge in [0.25, 0.3) is 0 Å². The van der Waals surface area contributed by atoms with Crippen LogP contribution in [-0.4, -0.2) is 32.6 Å². The second-order valence-corrected chi connectivity index (χ2v) is 10.6. The molecular weight excluding hydrogens is 560 g/mol. The van der Waals surface area contributed by atoms with E-state index in [1.54, 1.807) is 24.8 Å². The van der Waals surface area contributed by atoms with E-state index in [1.807, 2.05) is 93.8 Å². The summed E-state index contributed by atoms with van der Waals surface area (Å²) in [5.41, 5.74) is 6.29. The summed E-state index contributed by atoms with van der Waals surface area (Å²) in [6.07, 6.45) is 10.4. The highest BCUT2D eigenvalue weighted by Gasteiger charge is 2.25. The summed E-state index contributed by atoms with van der Waals surface area (Å²) in [4.78, 5) is 15.4. The normalized spacial score (nSPS) is 12.4. The van der Waals surface area contributed by atoms with Crippen LogP contribution in [-0.2, 0) is 0 Å². The summed E-state index contributed by atoms with van der Waals surface area (Å²) in [6, 6.07) is 24.0. The Morgan fingerprint density at radius 3 is 1.71 bits per heavy atom. The molecule has 45 heavy (non-hydrogen) atoms. The van der Waals surface area contributed by atoms with Crippen LogP contribution in [0.2, 0.25) is 0 Å². The number of benzene rings is 2. The molecule has 0 radical (unpaired) electrons. The quantitative estimate of drug-likeness (QED) is 0.129. The number of nitrogens with zero attached hydrogens (tertiary/aromatic N) is 4. The average Bonchev–Trinajstić information content (AvgIpc) is 3.67. The number of aromatic amines is 2. The van der Waals surface area contributed by atoms with E-state index in [-0.39, 0.29) is 6.10 Å². The van der Waals surface area contributed by atoms with Crippen LogP contribution in [0.5, 0.6) is 11.5 Å². The maximum Gasteiger partial charge on any atom is 0.120 e. The monoisotopic (exact) mass is 590 g/mol. The predicted molar refractivity (Wildman–Crippen MR) is 177 cm³/mol. The molecule has 0 aliphatic carbocycles. The van der Waals surface area contributed by atoms with Crippen molar-refractivity contribution in [2.75, 3.05) is 6.61 Å². The van der Waals surface area contributed by atoms with Gasteiger partial charge in [0.2, 0.25) is 0 Å². The summed E-state index contributed by atoms with van der Waals surface area (Å²) < 4.78 is 11.8. The zero-order chi connectivity index (χ0) is 31.3. The number of nitriles is 2. The van der Waals surface area contributed by atoms with Crippen molar-refractivity contribution in [2.24, 2.45) is 0 Å². The third kappa shape index (κ3) is 5.65. The SMILES string of the molecule is CCOc1ccc2[nH]cc(/C(C#N)=C(\C(=C(\C#N)c3c[nH]c4ccc(OC(C)C)cc34)c3cccnc3)c3cccnc3)c2c1. The Morgan fingerprint density at radius 2 is 1.27 bits per heavy atom. The lowest BCUT2D eigenvalue weighted by Crippen LogP contribution is -2.05. The first-order chi connectivity index (χ1) is 22.0. The second-order valence-electron chi connectivity index (χ2n) is 10.6. The number of H-pyrrole nitrogens is 2. The Labute approximate surface area is 260 Å². The summed E-state index contributed by atoms with van der Waals surface area (Å²) in [7, 11) is 0. The molecule has 0 bridgehead atoms. The lowest BCUT2D eigenvalue weighted by molar-refractivity contribution is 0.243. The standard InChI is InChI=1S/C37H30N6O2/c1-4-44-26-9-11-34-28(15-26)32(21-42-34)30(17-38)36(24-7-5-13-40-19-24)37(25-8-6-14-41-20-25)31(18-39)33-22-43-35-12-10-27(16-29(33)35)45-23(2)3/h5-16,19-23,42-43H,4H2,1-3H3/b36-30-,37-31-. The maximum absolute atomic E-state index is 10.9. The highest BCUT2D eigenvalue weighted by atomic mass is 16.5. The van der Waals surface area contributed by atoms with Crippen molar-refractivity contribution in [3.05, 3.63) is 120 Å². The Hall–Kier alpha value is -6.12. The van der Waals surface area contributed by atoms with Crippen molar-refractivity contribution >= 4 is 44.1 Å². The lowest BCUT2D eigenvalue weighted by Gasteiger charge is -2.18. The Kier molecular flexibility index (Phi) is 8.13. The van der Waals surface area contributed by atoms with Gasteiger partial charge >= 0.3 is 0 Å². The molecule has 0 saturated heterocycles. The molecule has 220 valence electrons. The number of hydrogen-bond donors (Lipinski definition) is 2. The highest BCUT2D eigenvalue weighted by molar-refractivity contribution is 6.27. The van der Waals surface area contributed by atoms with Crippen LogP contribution in [0.1, 0.15) is 43.0 Å². The number of fused-ring (bicyclic) bond motifs is 2. The van der Waals surface area contributed by atoms with Crippen LogP contribution < -0.4 is 9.47 Å². The van der Waals surface area contributed by atoms with Gasteiger partial charge in [0.1, 0.15) is 23.6 Å². The molecule has 2 aromatic carbocycles. The second kappa shape index (κ2) is 12.6. The van der Waals surface area contributed by atoms with Crippen molar-refractivity contribution in [2.45, 2.75) is 26.9 Å². The minimum atomic E-state index is -0.0144. The topological polar surface area (TPSA) is 123 Å². The Balaban J connectivity index is 1.73. The van der Waals surface area contributed by atoms with E-state index in [0.717, 1.165) is 21.8 Å². The molecule has 0 amide bonds. The Bertz CT molecular complexity index is 2140. The number of nitrogens with one attached hydrogen (secondary N) is 2. The third-order valence-corrected chi connectivity index (χ3v) is 7.40. The van der Waals surface area contributed by atoms with E-state index in [4.69, 9.17) is 9.47 Å². The van der Waals surface area contributed by atoms with E-state index >= 15 is 0 Å². The fourth-order valence-corrected chi connectivity index (χ4v) is 5.57. The van der Waals surface area contributed by atoms with Crippen molar-refractivity contribution in [3.63, 3.8) is 0 Å². The van der Waals surface area contributed by atoms with Gasteiger partial charge in [0, 0.05) is 92.4 Å². The van der Waals surface area contributed by atoms with Gasteiger partial charge in [-0.05, 0) is 69.3 Å². The molecule has 2 N–H and O–H groups in total. The van der Waals surface area contributed by atoms with Crippen LogP contribution in [0.3, 0.4) is 0 Å². The zero-order valence-electron chi connectivity index (χ0n) is 25.1. The van der Waals surface area contributed by atoms with Crippen LogP contribution >= 0.6 is 0 Å². The lowest BCUT2D eigenvalue weighted by atomic mass is 9.83. The molecule has 0 atom stereocenters. The van der Waals surface area contributed by atoms with Crippen LogP contribution in [0.4, 0.5) is 0 Å². The third-order valence-electron chi connectivity index (χ3n) is 7.40. The van der Waals surface area contributed by atoms with Gasteiger partial charge < -0.3 is 19.4 Å². The molecule has 8 heteroatoms. The first-order valence-electron chi connectivity index (χ1n) is 14.6.